The van der Waals surface area contributed by atoms with Crippen LogP contribution in [0.3, 0.4) is 0 Å². The van der Waals surface area contributed by atoms with Gasteiger partial charge in [-0.1, -0.05) is 15.9 Å². The first-order valence-corrected chi connectivity index (χ1v) is 8.96. The summed E-state index contributed by atoms with van der Waals surface area (Å²) in [5, 5.41) is 6.10. The standard InChI is InChI=1S/C15H26BrN3O4/c1-15(2,3)23-14(22)19-9-4-6-11(19)13(21)18-10-12(20)17-8-5-7-16/h11H,4-10H2,1-3H3,(H,17,20)(H,18,21)/t11-/m0/s1. The van der Waals surface area contributed by atoms with E-state index >= 15 is 0 Å². The number of carbonyl (C=O) groups is 3. The van der Waals surface area contributed by atoms with Crippen LogP contribution in [0.2, 0.25) is 0 Å². The van der Waals surface area contributed by atoms with Gasteiger partial charge in [0.1, 0.15) is 11.6 Å². The van der Waals surface area contributed by atoms with Crippen molar-refractivity contribution in [1.82, 2.24) is 15.5 Å². The number of hydrogen-bond acceptors (Lipinski definition) is 4. The Balaban J connectivity index is 2.45. The average molecular weight is 392 g/mol. The van der Waals surface area contributed by atoms with E-state index in [0.717, 1.165) is 18.2 Å². The van der Waals surface area contributed by atoms with Crippen molar-refractivity contribution in [2.24, 2.45) is 0 Å². The van der Waals surface area contributed by atoms with Crippen LogP contribution < -0.4 is 10.6 Å². The fraction of sp³-hybridized carbons (Fsp3) is 0.800. The molecule has 0 unspecified atom stereocenters. The number of hydrogen-bond donors (Lipinski definition) is 2. The Morgan fingerprint density at radius 3 is 2.57 bits per heavy atom. The Hall–Kier alpha value is -1.31. The molecule has 0 saturated carbocycles. The Morgan fingerprint density at radius 2 is 1.96 bits per heavy atom. The van der Waals surface area contributed by atoms with Gasteiger partial charge in [-0.25, -0.2) is 4.79 Å². The number of carbonyl (C=O) groups excluding carboxylic acids is 3. The monoisotopic (exact) mass is 391 g/mol. The minimum Gasteiger partial charge on any atom is -0.444 e. The van der Waals surface area contributed by atoms with Crippen LogP contribution in [-0.2, 0) is 14.3 Å². The van der Waals surface area contributed by atoms with E-state index in [-0.39, 0.29) is 18.4 Å². The van der Waals surface area contributed by atoms with E-state index in [1.165, 1.54) is 4.90 Å². The third kappa shape index (κ3) is 7.20. The van der Waals surface area contributed by atoms with Crippen molar-refractivity contribution in [3.05, 3.63) is 0 Å². The highest BCUT2D eigenvalue weighted by molar-refractivity contribution is 9.09. The van der Waals surface area contributed by atoms with Gasteiger partial charge in [-0.15, -0.1) is 0 Å². The SMILES string of the molecule is CC(C)(C)OC(=O)N1CCC[C@H]1C(=O)NCC(=O)NCCCBr. The Bertz CT molecular complexity index is 437. The number of rotatable bonds is 6. The van der Waals surface area contributed by atoms with E-state index in [2.05, 4.69) is 26.6 Å². The maximum atomic E-state index is 12.2. The first-order chi connectivity index (χ1) is 10.7. The van der Waals surface area contributed by atoms with Gasteiger partial charge in [0, 0.05) is 18.4 Å². The molecule has 1 fully saturated rings. The van der Waals surface area contributed by atoms with E-state index < -0.39 is 17.7 Å². The van der Waals surface area contributed by atoms with Gasteiger partial charge in [-0.2, -0.15) is 0 Å². The number of alkyl halides is 1. The number of nitrogens with zero attached hydrogens (tertiary/aromatic N) is 1. The molecule has 132 valence electrons. The second-order valence-electron chi connectivity index (χ2n) is 6.44. The number of likely N-dealkylation sites (tertiary alicyclic amines) is 1. The lowest BCUT2D eigenvalue weighted by atomic mass is 10.2. The number of ether oxygens (including phenoxy) is 1. The second kappa shape index (κ2) is 9.10. The molecule has 0 radical (unpaired) electrons. The third-order valence-electron chi connectivity index (χ3n) is 3.24. The maximum Gasteiger partial charge on any atom is 0.410 e. The summed E-state index contributed by atoms with van der Waals surface area (Å²) in [6.45, 7) is 6.33. The molecule has 1 aliphatic rings. The summed E-state index contributed by atoms with van der Waals surface area (Å²) in [5.41, 5.74) is -0.601. The van der Waals surface area contributed by atoms with Gasteiger partial charge < -0.3 is 15.4 Å². The normalized spacial score (nSPS) is 17.7. The lowest BCUT2D eigenvalue weighted by Gasteiger charge is -2.28. The van der Waals surface area contributed by atoms with Crippen LogP contribution >= 0.6 is 15.9 Å². The third-order valence-corrected chi connectivity index (χ3v) is 3.80. The molecule has 1 saturated heterocycles. The number of nitrogens with one attached hydrogen (secondary N) is 2. The molecule has 8 heteroatoms. The minimum absolute atomic E-state index is 0.0836. The van der Waals surface area contributed by atoms with Crippen molar-refractivity contribution < 1.29 is 19.1 Å². The summed E-state index contributed by atoms with van der Waals surface area (Å²) >= 11 is 3.28. The summed E-state index contributed by atoms with van der Waals surface area (Å²) in [6, 6.07) is -0.569. The fourth-order valence-electron chi connectivity index (χ4n) is 2.22. The molecule has 23 heavy (non-hydrogen) atoms. The van der Waals surface area contributed by atoms with Crippen molar-refractivity contribution in [1.29, 1.82) is 0 Å². The van der Waals surface area contributed by atoms with Crippen LogP contribution in [-0.4, -0.2) is 59.4 Å². The van der Waals surface area contributed by atoms with Crippen molar-refractivity contribution in [2.45, 2.75) is 51.7 Å². The Kier molecular flexibility index (Phi) is 7.81. The predicted molar refractivity (Wildman–Crippen MR) is 90.4 cm³/mol. The van der Waals surface area contributed by atoms with Crippen molar-refractivity contribution in [3.8, 4) is 0 Å². The van der Waals surface area contributed by atoms with Crippen molar-refractivity contribution in [3.63, 3.8) is 0 Å². The Morgan fingerprint density at radius 1 is 1.26 bits per heavy atom. The van der Waals surface area contributed by atoms with Gasteiger partial charge in [0.15, 0.2) is 0 Å². The lowest BCUT2D eigenvalue weighted by Crippen LogP contribution is -2.49. The molecule has 1 heterocycles. The van der Waals surface area contributed by atoms with Crippen LogP contribution in [0.1, 0.15) is 40.0 Å². The predicted octanol–water partition coefficient (Wildman–Crippen LogP) is 1.40. The summed E-state index contributed by atoms with van der Waals surface area (Å²) < 4.78 is 5.32. The van der Waals surface area contributed by atoms with Gasteiger partial charge >= 0.3 is 6.09 Å². The zero-order valence-corrected chi connectivity index (χ0v) is 15.6. The molecule has 2 N–H and O–H groups in total. The summed E-state index contributed by atoms with van der Waals surface area (Å²) in [7, 11) is 0. The molecule has 0 aromatic carbocycles. The van der Waals surface area contributed by atoms with Gasteiger partial charge in [0.25, 0.3) is 0 Å². The van der Waals surface area contributed by atoms with E-state index in [4.69, 9.17) is 4.74 Å². The van der Waals surface area contributed by atoms with E-state index in [0.29, 0.717) is 19.5 Å². The lowest BCUT2D eigenvalue weighted by molar-refractivity contribution is -0.128. The number of halogens is 1. The second-order valence-corrected chi connectivity index (χ2v) is 7.24. The molecule has 1 rings (SSSR count). The minimum atomic E-state index is -0.601. The zero-order valence-electron chi connectivity index (χ0n) is 14.0. The molecular formula is C15H26BrN3O4. The van der Waals surface area contributed by atoms with Crippen LogP contribution in [0.25, 0.3) is 0 Å². The molecule has 0 aliphatic carbocycles. The Labute approximate surface area is 145 Å². The van der Waals surface area contributed by atoms with Crippen LogP contribution in [0.5, 0.6) is 0 Å². The van der Waals surface area contributed by atoms with Crippen LogP contribution in [0.15, 0.2) is 0 Å². The fourth-order valence-corrected chi connectivity index (χ4v) is 2.50. The average Bonchev–Trinajstić information content (AvgIpc) is 2.93. The van der Waals surface area contributed by atoms with Gasteiger partial charge in [0.05, 0.1) is 6.54 Å². The van der Waals surface area contributed by atoms with E-state index in [1.54, 1.807) is 20.8 Å². The summed E-state index contributed by atoms with van der Waals surface area (Å²) in [5.74, 6) is -0.551. The molecule has 0 bridgehead atoms. The molecule has 0 spiro atoms. The largest absolute Gasteiger partial charge is 0.444 e. The first kappa shape index (κ1) is 19.7. The first-order valence-electron chi connectivity index (χ1n) is 7.84. The molecule has 7 nitrogen and oxygen atoms in total. The van der Waals surface area contributed by atoms with Crippen LogP contribution in [0.4, 0.5) is 4.79 Å². The summed E-state index contributed by atoms with van der Waals surface area (Å²) in [4.78, 5) is 37.4. The molecule has 0 aromatic rings. The molecule has 3 amide bonds. The van der Waals surface area contributed by atoms with Gasteiger partial charge in [-0.3, -0.25) is 14.5 Å². The topological polar surface area (TPSA) is 87.7 Å². The quantitative estimate of drug-likeness (QED) is 0.529. The van der Waals surface area contributed by atoms with Crippen molar-refractivity contribution in [2.75, 3.05) is 25.0 Å². The van der Waals surface area contributed by atoms with Gasteiger partial charge in [-0.05, 0) is 40.0 Å². The smallest absolute Gasteiger partial charge is 0.410 e. The molecular weight excluding hydrogens is 366 g/mol. The van der Waals surface area contributed by atoms with Gasteiger partial charge in [0.2, 0.25) is 11.8 Å². The van der Waals surface area contributed by atoms with E-state index in [9.17, 15) is 14.4 Å². The van der Waals surface area contributed by atoms with Crippen LogP contribution in [0, 0.1) is 0 Å². The zero-order chi connectivity index (χ0) is 17.5. The van der Waals surface area contributed by atoms with Crippen molar-refractivity contribution >= 4 is 33.8 Å². The number of amides is 3. The van der Waals surface area contributed by atoms with E-state index in [1.807, 2.05) is 0 Å². The molecule has 1 aliphatic heterocycles. The molecule has 1 atom stereocenters. The highest BCUT2D eigenvalue weighted by atomic mass is 79.9. The summed E-state index contributed by atoms with van der Waals surface area (Å²) in [6.07, 6.45) is 1.66. The highest BCUT2D eigenvalue weighted by Crippen LogP contribution is 2.20. The highest BCUT2D eigenvalue weighted by Gasteiger charge is 2.36. The maximum absolute atomic E-state index is 12.2. The molecule has 0 aromatic heterocycles.